The minimum Gasteiger partial charge on any atom is -0.506 e. The normalized spacial score (nSPS) is 18.0. The van der Waals surface area contributed by atoms with E-state index in [-0.39, 0.29) is 37.2 Å². The van der Waals surface area contributed by atoms with Gasteiger partial charge in [-0.1, -0.05) is 84.9 Å². The van der Waals surface area contributed by atoms with Gasteiger partial charge >= 0.3 is 12.1 Å². The van der Waals surface area contributed by atoms with Gasteiger partial charge in [0.25, 0.3) is 0 Å². The molecule has 12 nitrogen and oxygen atoms in total. The van der Waals surface area contributed by atoms with Crippen molar-refractivity contribution in [1.82, 2.24) is 20.5 Å². The van der Waals surface area contributed by atoms with Gasteiger partial charge in [0.15, 0.2) is 0 Å². The number of esters is 1. The zero-order chi connectivity index (χ0) is 42.1. The monoisotopic (exact) mass is 822 g/mol. The van der Waals surface area contributed by atoms with Crippen LogP contribution >= 0.6 is 0 Å². The predicted octanol–water partition coefficient (Wildman–Crippen LogP) is 6.95. The number of alkyl carbamates (subject to hydrolysis) is 1. The van der Waals surface area contributed by atoms with Crippen molar-refractivity contribution in [2.75, 3.05) is 32.8 Å². The summed E-state index contributed by atoms with van der Waals surface area (Å²) in [6.07, 6.45) is 1.33. The molecule has 5 aromatic carbocycles. The molecule has 1 amide bonds. The molecule has 4 heterocycles. The number of nitrogens with one attached hydrogen (secondary N) is 3. The van der Waals surface area contributed by atoms with E-state index in [9.17, 15) is 24.6 Å². The van der Waals surface area contributed by atoms with Crippen LogP contribution in [0.3, 0.4) is 0 Å². The van der Waals surface area contributed by atoms with Crippen molar-refractivity contribution in [2.45, 2.75) is 50.7 Å². The van der Waals surface area contributed by atoms with Gasteiger partial charge in [-0.25, -0.2) is 9.59 Å². The first-order valence-corrected chi connectivity index (χ1v) is 20.8. The van der Waals surface area contributed by atoms with Crippen molar-refractivity contribution in [3.8, 4) is 11.5 Å². The Kier molecular flexibility index (Phi) is 13.0. The van der Waals surface area contributed by atoms with E-state index >= 15 is 0 Å². The van der Waals surface area contributed by atoms with Crippen LogP contribution in [0.1, 0.15) is 68.7 Å². The number of phenols is 1. The Hall–Kier alpha value is -6.47. The van der Waals surface area contributed by atoms with Crippen LogP contribution in [0.25, 0.3) is 10.9 Å². The van der Waals surface area contributed by atoms with Crippen LogP contribution in [0.5, 0.6) is 11.5 Å². The molecule has 61 heavy (non-hydrogen) atoms. The maximum atomic E-state index is 13.2. The molecule has 6 aromatic rings. The Morgan fingerprint density at radius 3 is 2.31 bits per heavy atom. The molecule has 9 rings (SSSR count). The molecule has 3 atom stereocenters. The summed E-state index contributed by atoms with van der Waals surface area (Å²) in [5, 5.41) is 27.9. The van der Waals surface area contributed by atoms with Gasteiger partial charge in [-0.2, -0.15) is 0 Å². The molecule has 0 saturated carbocycles. The Morgan fingerprint density at radius 1 is 0.820 bits per heavy atom. The number of aliphatic hydroxyl groups is 1. The van der Waals surface area contributed by atoms with Gasteiger partial charge in [0.2, 0.25) is 5.56 Å². The number of nitrogens with zero attached hydrogens (tertiary/aromatic N) is 1. The molecule has 3 aliphatic rings. The maximum absolute atomic E-state index is 13.2. The third kappa shape index (κ3) is 10.5. The number of pyridine rings is 1. The average molecular weight is 823 g/mol. The number of aromatic amines is 1. The summed E-state index contributed by atoms with van der Waals surface area (Å²) < 4.78 is 17.7. The summed E-state index contributed by atoms with van der Waals surface area (Å²) in [6.45, 7) is 4.26. The first-order valence-electron chi connectivity index (χ1n) is 20.8. The summed E-state index contributed by atoms with van der Waals surface area (Å²) in [7, 11) is 0. The number of ether oxygens (including phenoxy) is 3. The van der Waals surface area contributed by atoms with Gasteiger partial charge in [-0.3, -0.25) is 9.69 Å². The highest BCUT2D eigenvalue weighted by atomic mass is 16.6. The zero-order valence-electron chi connectivity index (χ0n) is 33.8. The molecular weight excluding hydrogens is 773 g/mol. The summed E-state index contributed by atoms with van der Waals surface area (Å²) in [5.74, 6) is 0.614. The van der Waals surface area contributed by atoms with E-state index in [1.54, 1.807) is 24.3 Å². The van der Waals surface area contributed by atoms with E-state index < -0.39 is 24.2 Å². The lowest BCUT2D eigenvalue weighted by Crippen LogP contribution is -2.52. The van der Waals surface area contributed by atoms with Crippen LogP contribution in [0.15, 0.2) is 132 Å². The van der Waals surface area contributed by atoms with Crippen molar-refractivity contribution < 1.29 is 34.0 Å². The van der Waals surface area contributed by atoms with E-state index in [0.717, 1.165) is 60.3 Å². The second-order valence-electron chi connectivity index (χ2n) is 15.8. The number of aromatic hydroxyl groups is 1. The number of hydrogen-bond donors (Lipinski definition) is 5. The van der Waals surface area contributed by atoms with Crippen molar-refractivity contribution in [2.24, 2.45) is 5.92 Å². The highest BCUT2D eigenvalue weighted by Crippen LogP contribution is 2.31. The minimum atomic E-state index is -0.850. The number of fused-ring (bicyclic) bond motifs is 4. The number of phenolic OH excluding ortho intramolecular Hbond substituents is 1. The van der Waals surface area contributed by atoms with E-state index in [1.165, 1.54) is 12.1 Å². The highest BCUT2D eigenvalue weighted by Gasteiger charge is 2.37. The standard InChI is InChI=1S/C49H50N4O8/c54-42-19-17-40(41-18-20-45(56)51-47(41)42)43(55)29-50-28-33-11-9-32(10-12-33)23-26-59-48(57)37-15-13-34(14-16-37)31-60-39-8-4-7-38(27-39)46(36-5-2-1-3-6-36)52-49(58)61-44-30-53-24-21-35(44)22-25-53/h1-20,27,35,43-44,46,50,54-55H,21-26,28-31H2,(H,51,56)(H,52,58)/t43-,44-,46?/m0/s1. The first kappa shape index (κ1) is 41.3. The van der Waals surface area contributed by atoms with E-state index in [1.807, 2.05) is 91.0 Å². The number of H-pyrrole nitrogens is 1. The van der Waals surface area contributed by atoms with Crippen molar-refractivity contribution in [3.63, 3.8) is 0 Å². The molecule has 0 aliphatic carbocycles. The van der Waals surface area contributed by atoms with Gasteiger partial charge in [0.1, 0.15) is 24.2 Å². The highest BCUT2D eigenvalue weighted by molar-refractivity contribution is 5.89. The van der Waals surface area contributed by atoms with E-state index in [2.05, 4.69) is 20.5 Å². The smallest absolute Gasteiger partial charge is 0.408 e. The number of aliphatic hydroxyl groups excluding tert-OH is 1. The number of carbonyl (C=O) groups is 2. The van der Waals surface area contributed by atoms with Crippen LogP contribution in [-0.4, -0.2) is 71.0 Å². The van der Waals surface area contributed by atoms with Crippen LogP contribution < -0.4 is 20.9 Å². The Bertz CT molecular complexity index is 2480. The number of piperidine rings is 3. The second-order valence-corrected chi connectivity index (χ2v) is 15.8. The summed E-state index contributed by atoms with van der Waals surface area (Å²) in [5.41, 5.74) is 5.76. The molecule has 1 aromatic heterocycles. The lowest BCUT2D eigenvalue weighted by molar-refractivity contribution is -0.0336. The summed E-state index contributed by atoms with van der Waals surface area (Å²) in [4.78, 5) is 42.8. The Labute approximate surface area is 354 Å². The molecular formula is C49H50N4O8. The van der Waals surface area contributed by atoms with Crippen molar-refractivity contribution in [1.29, 1.82) is 0 Å². The maximum Gasteiger partial charge on any atom is 0.408 e. The van der Waals surface area contributed by atoms with Gasteiger partial charge < -0.3 is 40.0 Å². The van der Waals surface area contributed by atoms with Gasteiger partial charge in [0.05, 0.1) is 29.8 Å². The molecule has 5 N–H and O–H groups in total. The number of hydrogen-bond acceptors (Lipinski definition) is 10. The summed E-state index contributed by atoms with van der Waals surface area (Å²) >= 11 is 0. The molecule has 12 heteroatoms. The third-order valence-corrected chi connectivity index (χ3v) is 11.6. The Balaban J connectivity index is 0.780. The van der Waals surface area contributed by atoms with Gasteiger partial charge in [-0.05, 0) is 102 Å². The van der Waals surface area contributed by atoms with Gasteiger partial charge in [-0.15, -0.1) is 0 Å². The molecule has 2 bridgehead atoms. The molecule has 3 saturated heterocycles. The second kappa shape index (κ2) is 19.3. The lowest BCUT2D eigenvalue weighted by Gasteiger charge is -2.43. The number of amides is 1. The number of benzene rings is 5. The quantitative estimate of drug-likeness (QED) is 0.0647. The number of aromatic nitrogens is 1. The zero-order valence-corrected chi connectivity index (χ0v) is 33.8. The number of carbonyl (C=O) groups excluding carboxylic acids is 2. The van der Waals surface area contributed by atoms with Crippen LogP contribution in [0.4, 0.5) is 4.79 Å². The predicted molar refractivity (Wildman–Crippen MR) is 231 cm³/mol. The molecule has 3 fully saturated rings. The molecule has 0 spiro atoms. The van der Waals surface area contributed by atoms with E-state index in [0.29, 0.717) is 46.7 Å². The first-order chi connectivity index (χ1) is 29.8. The molecule has 3 aliphatic heterocycles. The van der Waals surface area contributed by atoms with Crippen LogP contribution in [-0.2, 0) is 29.0 Å². The fraction of sp³-hybridized carbons (Fsp3) is 0.286. The van der Waals surface area contributed by atoms with Crippen molar-refractivity contribution in [3.05, 3.63) is 177 Å². The fourth-order valence-corrected chi connectivity index (χ4v) is 8.21. The lowest BCUT2D eigenvalue weighted by atomic mass is 9.86. The average Bonchev–Trinajstić information content (AvgIpc) is 3.29. The molecule has 314 valence electrons. The van der Waals surface area contributed by atoms with Crippen LogP contribution in [0.2, 0.25) is 0 Å². The number of rotatable bonds is 16. The van der Waals surface area contributed by atoms with E-state index in [4.69, 9.17) is 14.2 Å². The minimum absolute atomic E-state index is 0.0504. The SMILES string of the molecule is O=C(NC(c1ccccc1)c1cccc(OCc2ccc(C(=O)OCCc3ccc(CNC[C@H](O)c4ccc(O)c5[nH]c(=O)ccc45)cc3)cc2)c1)O[C@H]1CN2CCC1CC2. The molecule has 0 radical (unpaired) electrons. The molecule has 1 unspecified atom stereocenters. The van der Waals surface area contributed by atoms with Crippen LogP contribution in [0, 0.1) is 5.92 Å². The Morgan fingerprint density at radius 2 is 1.56 bits per heavy atom. The third-order valence-electron chi connectivity index (χ3n) is 11.6. The largest absolute Gasteiger partial charge is 0.506 e. The topological polar surface area (TPSA) is 162 Å². The summed E-state index contributed by atoms with van der Waals surface area (Å²) in [6, 6.07) is 38.3. The fourth-order valence-electron chi connectivity index (χ4n) is 8.21. The van der Waals surface area contributed by atoms with Gasteiger partial charge in [0, 0.05) is 37.5 Å². The van der Waals surface area contributed by atoms with Crippen molar-refractivity contribution >= 4 is 23.0 Å².